The summed E-state index contributed by atoms with van der Waals surface area (Å²) in [5, 5.41) is 0. The van der Waals surface area contributed by atoms with E-state index < -0.39 is 15.7 Å². The minimum Gasteiger partial charge on any atom is -0.334 e. The summed E-state index contributed by atoms with van der Waals surface area (Å²) in [6.07, 6.45) is 4.34. The van der Waals surface area contributed by atoms with Crippen LogP contribution < -0.4 is 0 Å². The predicted octanol–water partition coefficient (Wildman–Crippen LogP) is 3.99. The first kappa shape index (κ1) is 22.0. The second kappa shape index (κ2) is 9.09. The summed E-state index contributed by atoms with van der Waals surface area (Å²) in [6, 6.07) is 11.2. The number of carbonyl (C=O) groups excluding carboxylic acids is 1. The van der Waals surface area contributed by atoms with Gasteiger partial charge in [0.15, 0.2) is 9.84 Å². The first-order valence-corrected chi connectivity index (χ1v) is 12.7. The number of sulfone groups is 1. The van der Waals surface area contributed by atoms with Crippen molar-refractivity contribution in [1.29, 1.82) is 0 Å². The summed E-state index contributed by atoms with van der Waals surface area (Å²) in [5.74, 6) is -0.748. The number of carbonyl (C=O) groups is 1. The Hall–Kier alpha value is -2.25. The van der Waals surface area contributed by atoms with Crippen molar-refractivity contribution < 1.29 is 17.6 Å². The Bertz CT molecular complexity index is 1050. The summed E-state index contributed by atoms with van der Waals surface area (Å²) < 4.78 is 38.9. The Balaban J connectivity index is 1.51. The smallest absolute Gasteiger partial charge is 0.257 e. The van der Waals surface area contributed by atoms with Crippen LogP contribution in [0.5, 0.6) is 0 Å². The third-order valence-electron chi connectivity index (χ3n) is 6.43. The van der Waals surface area contributed by atoms with Crippen LogP contribution in [0.4, 0.5) is 4.39 Å². The van der Waals surface area contributed by atoms with E-state index in [2.05, 4.69) is 4.90 Å². The molecule has 0 saturated carbocycles. The van der Waals surface area contributed by atoms with Gasteiger partial charge in [-0.1, -0.05) is 25.1 Å². The summed E-state index contributed by atoms with van der Waals surface area (Å²) in [6.45, 7) is 5.31. The molecule has 2 aliphatic heterocycles. The Morgan fingerprint density at radius 2 is 1.68 bits per heavy atom. The van der Waals surface area contributed by atoms with E-state index in [1.54, 1.807) is 31.2 Å². The highest BCUT2D eigenvalue weighted by molar-refractivity contribution is 7.91. The van der Waals surface area contributed by atoms with Crippen LogP contribution in [0.3, 0.4) is 0 Å². The summed E-state index contributed by atoms with van der Waals surface area (Å²) >= 11 is 0. The second-order valence-electron chi connectivity index (χ2n) is 8.42. The van der Waals surface area contributed by atoms with Gasteiger partial charge >= 0.3 is 0 Å². The van der Waals surface area contributed by atoms with Crippen LogP contribution >= 0.6 is 0 Å². The highest BCUT2D eigenvalue weighted by atomic mass is 32.2. The van der Waals surface area contributed by atoms with Crippen LogP contribution in [0.15, 0.2) is 47.4 Å². The van der Waals surface area contributed by atoms with Crippen LogP contribution in [-0.2, 0) is 9.84 Å². The Labute approximate surface area is 183 Å². The van der Waals surface area contributed by atoms with Crippen LogP contribution in [0.2, 0.25) is 0 Å². The molecule has 0 aliphatic carbocycles. The zero-order chi connectivity index (χ0) is 22.0. The molecule has 0 radical (unpaired) electrons. The van der Waals surface area contributed by atoms with Crippen LogP contribution in [0.25, 0.3) is 11.1 Å². The van der Waals surface area contributed by atoms with Gasteiger partial charge in [-0.2, -0.15) is 0 Å². The van der Waals surface area contributed by atoms with Crippen molar-refractivity contribution in [3.05, 3.63) is 53.8 Å². The maximum atomic E-state index is 14.9. The average molecular weight is 445 g/mol. The van der Waals surface area contributed by atoms with Crippen molar-refractivity contribution in [2.75, 3.05) is 31.9 Å². The summed E-state index contributed by atoms with van der Waals surface area (Å²) in [7, 11) is -3.27. The van der Waals surface area contributed by atoms with Crippen LogP contribution in [0, 0.1) is 5.82 Å². The average Bonchev–Trinajstić information content (AvgIpc) is 3.46. The molecular formula is C24H29FN2O3S. The summed E-state index contributed by atoms with van der Waals surface area (Å²) in [4.78, 5) is 17.6. The molecule has 0 aromatic heterocycles. The van der Waals surface area contributed by atoms with E-state index in [4.69, 9.17) is 0 Å². The van der Waals surface area contributed by atoms with Gasteiger partial charge in [0.25, 0.3) is 5.91 Å². The number of hydrogen-bond acceptors (Lipinski definition) is 4. The number of rotatable bonds is 6. The molecule has 0 bridgehead atoms. The molecule has 4 rings (SSSR count). The zero-order valence-corrected chi connectivity index (χ0v) is 18.7. The first-order chi connectivity index (χ1) is 14.9. The van der Waals surface area contributed by atoms with E-state index in [9.17, 15) is 17.6 Å². The van der Waals surface area contributed by atoms with Gasteiger partial charge in [0.2, 0.25) is 0 Å². The molecule has 7 heteroatoms. The number of nitrogens with zero attached hydrogens (tertiary/aromatic N) is 2. The van der Waals surface area contributed by atoms with E-state index >= 15 is 0 Å². The Morgan fingerprint density at radius 1 is 1.00 bits per heavy atom. The monoisotopic (exact) mass is 444 g/mol. The molecule has 166 valence electrons. The van der Waals surface area contributed by atoms with E-state index in [1.165, 1.54) is 31.0 Å². The lowest BCUT2D eigenvalue weighted by Gasteiger charge is -2.28. The van der Waals surface area contributed by atoms with Gasteiger partial charge in [0, 0.05) is 19.1 Å². The maximum Gasteiger partial charge on any atom is 0.257 e. The molecule has 5 nitrogen and oxygen atoms in total. The van der Waals surface area contributed by atoms with E-state index in [0.717, 1.165) is 32.5 Å². The number of hydrogen-bond donors (Lipinski definition) is 0. The molecule has 2 fully saturated rings. The predicted molar refractivity (Wildman–Crippen MR) is 119 cm³/mol. The lowest BCUT2D eigenvalue weighted by atomic mass is 10.0. The van der Waals surface area contributed by atoms with E-state index in [-0.39, 0.29) is 28.2 Å². The van der Waals surface area contributed by atoms with E-state index in [0.29, 0.717) is 17.7 Å². The van der Waals surface area contributed by atoms with E-state index in [1.807, 2.05) is 4.90 Å². The highest BCUT2D eigenvalue weighted by Crippen LogP contribution is 2.27. The minimum atomic E-state index is -3.27. The standard InChI is InChI=1S/C24H29FN2O3S/c1-2-31(29,30)21-10-7-18(8-11-21)19-9-12-22(23(25)16-19)24(28)27-15-5-6-20(27)17-26-13-3-4-14-26/h7-12,16,20H,2-6,13-15,17H2,1H3/t20-/m0/s1. The maximum absolute atomic E-state index is 14.9. The SMILES string of the molecule is CCS(=O)(=O)c1ccc(-c2ccc(C(=O)N3CCC[C@H]3CN3CCCC3)c(F)c2)cc1. The topological polar surface area (TPSA) is 57.7 Å². The van der Waals surface area contributed by atoms with Gasteiger partial charge in [0.1, 0.15) is 5.82 Å². The van der Waals surface area contributed by atoms with Crippen molar-refractivity contribution in [2.24, 2.45) is 0 Å². The molecule has 1 amide bonds. The van der Waals surface area contributed by atoms with Crippen molar-refractivity contribution in [1.82, 2.24) is 9.80 Å². The van der Waals surface area contributed by atoms with Crippen molar-refractivity contribution in [3.63, 3.8) is 0 Å². The van der Waals surface area contributed by atoms with Gasteiger partial charge in [-0.3, -0.25) is 4.79 Å². The van der Waals surface area contributed by atoms with Gasteiger partial charge < -0.3 is 9.80 Å². The number of halogens is 1. The Morgan fingerprint density at radius 3 is 2.32 bits per heavy atom. The van der Waals surface area contributed by atoms with Gasteiger partial charge in [0.05, 0.1) is 16.2 Å². The lowest BCUT2D eigenvalue weighted by molar-refractivity contribution is 0.0704. The van der Waals surface area contributed by atoms with Crippen LogP contribution in [-0.4, -0.2) is 62.1 Å². The minimum absolute atomic E-state index is 0.0348. The van der Waals surface area contributed by atoms with Gasteiger partial charge in [-0.05, 0) is 74.2 Å². The molecule has 2 aromatic rings. The third kappa shape index (κ3) is 4.67. The molecule has 2 heterocycles. The third-order valence-corrected chi connectivity index (χ3v) is 8.18. The lowest BCUT2D eigenvalue weighted by Crippen LogP contribution is -2.42. The number of benzene rings is 2. The highest BCUT2D eigenvalue weighted by Gasteiger charge is 2.32. The molecule has 31 heavy (non-hydrogen) atoms. The fourth-order valence-corrected chi connectivity index (χ4v) is 5.48. The molecule has 0 N–H and O–H groups in total. The number of amides is 1. The second-order valence-corrected chi connectivity index (χ2v) is 10.7. The van der Waals surface area contributed by atoms with Crippen LogP contribution in [0.1, 0.15) is 43.0 Å². The molecule has 1 atom stereocenters. The fraction of sp³-hybridized carbons (Fsp3) is 0.458. The fourth-order valence-electron chi connectivity index (χ4n) is 4.60. The quantitative estimate of drug-likeness (QED) is 0.676. The zero-order valence-electron chi connectivity index (χ0n) is 17.9. The molecule has 2 aliphatic rings. The first-order valence-electron chi connectivity index (χ1n) is 11.0. The molecular weight excluding hydrogens is 415 g/mol. The normalized spacial score (nSPS) is 19.8. The molecule has 2 aromatic carbocycles. The van der Waals surface area contributed by atoms with Gasteiger partial charge in [-0.25, -0.2) is 12.8 Å². The largest absolute Gasteiger partial charge is 0.334 e. The van der Waals surface area contributed by atoms with Crippen molar-refractivity contribution in [2.45, 2.75) is 43.5 Å². The molecule has 0 spiro atoms. The number of likely N-dealkylation sites (tertiary alicyclic amines) is 2. The van der Waals surface area contributed by atoms with Crippen molar-refractivity contribution >= 4 is 15.7 Å². The Kier molecular flexibility index (Phi) is 6.44. The summed E-state index contributed by atoms with van der Waals surface area (Å²) in [5.41, 5.74) is 1.42. The molecule has 2 saturated heterocycles. The molecule has 0 unspecified atom stereocenters. The van der Waals surface area contributed by atoms with Crippen molar-refractivity contribution in [3.8, 4) is 11.1 Å². The van der Waals surface area contributed by atoms with Gasteiger partial charge in [-0.15, -0.1) is 0 Å².